The normalized spacial score (nSPS) is 18.1. The van der Waals surface area contributed by atoms with Gasteiger partial charge in [-0.05, 0) is 105 Å². The number of para-hydroxylation sites is 1. The molecule has 2 heterocycles. The van der Waals surface area contributed by atoms with E-state index in [1.165, 1.54) is 12.8 Å². The van der Waals surface area contributed by atoms with E-state index in [0.29, 0.717) is 41.5 Å². The van der Waals surface area contributed by atoms with Crippen molar-refractivity contribution in [2.45, 2.75) is 51.0 Å². The van der Waals surface area contributed by atoms with E-state index >= 15 is 0 Å². The molecule has 5 aromatic rings. The van der Waals surface area contributed by atoms with Crippen LogP contribution in [0.1, 0.15) is 60.1 Å². The van der Waals surface area contributed by atoms with E-state index in [4.69, 9.17) is 5.41 Å². The molecule has 288 valence electrons. The number of hydrogen-bond acceptors (Lipinski definition) is 6. The molecule has 1 aliphatic heterocycles. The molecule has 0 spiro atoms. The lowest BCUT2D eigenvalue weighted by Crippen LogP contribution is -2.55. The second-order valence-electron chi connectivity index (χ2n) is 15.4. The van der Waals surface area contributed by atoms with E-state index in [9.17, 15) is 18.0 Å². The first-order chi connectivity index (χ1) is 26.5. The zero-order valence-corrected chi connectivity index (χ0v) is 32.4. The van der Waals surface area contributed by atoms with Gasteiger partial charge >= 0.3 is 10.2 Å². The van der Waals surface area contributed by atoms with E-state index in [2.05, 4.69) is 34.0 Å². The van der Waals surface area contributed by atoms with Gasteiger partial charge in [0.2, 0.25) is 5.91 Å². The molecule has 55 heavy (non-hydrogen) atoms. The number of H-pyrrole nitrogens is 1. The van der Waals surface area contributed by atoms with Crippen molar-refractivity contribution < 1.29 is 18.0 Å². The number of nitrogens with zero attached hydrogens (tertiary/aromatic N) is 3. The number of likely N-dealkylation sites (tertiary alicyclic amines) is 1. The van der Waals surface area contributed by atoms with Gasteiger partial charge in [0.05, 0.1) is 5.69 Å². The van der Waals surface area contributed by atoms with Crippen LogP contribution in [0.3, 0.4) is 0 Å². The Labute approximate surface area is 323 Å². The Kier molecular flexibility index (Phi) is 11.5. The van der Waals surface area contributed by atoms with Gasteiger partial charge in [0.15, 0.2) is 0 Å². The molecule has 2 amide bonds. The number of benzene rings is 4. The van der Waals surface area contributed by atoms with Crippen LogP contribution >= 0.6 is 0 Å². The number of carbonyl (C=O) groups excluding carboxylic acids is 2. The lowest BCUT2D eigenvalue weighted by atomic mass is 9.82. The first-order valence-electron chi connectivity index (χ1n) is 19.3. The van der Waals surface area contributed by atoms with Crippen molar-refractivity contribution >= 4 is 55.2 Å². The van der Waals surface area contributed by atoms with Gasteiger partial charge in [-0.15, -0.1) is 0 Å². The Hall–Kier alpha value is -5.20. The third-order valence-corrected chi connectivity index (χ3v) is 12.5. The summed E-state index contributed by atoms with van der Waals surface area (Å²) in [6.45, 7) is 2.84. The van der Waals surface area contributed by atoms with Crippen molar-refractivity contribution in [3.63, 3.8) is 0 Å². The number of carbonyl (C=O) groups is 2. The predicted octanol–water partition coefficient (Wildman–Crippen LogP) is 6.64. The highest BCUT2D eigenvalue weighted by Gasteiger charge is 2.42. The predicted molar refractivity (Wildman–Crippen MR) is 220 cm³/mol. The average Bonchev–Trinajstić information content (AvgIpc) is 3.88. The fourth-order valence-electron chi connectivity index (χ4n) is 8.11. The summed E-state index contributed by atoms with van der Waals surface area (Å²) in [4.78, 5) is 36.0. The Morgan fingerprint density at radius 1 is 0.836 bits per heavy atom. The summed E-state index contributed by atoms with van der Waals surface area (Å²) in [6, 6.07) is 27.6. The molecular formula is C43H51N7O4S. The van der Waals surface area contributed by atoms with Gasteiger partial charge in [0, 0.05) is 49.1 Å². The fraction of sp³-hybridized carbons (Fsp3) is 0.372. The maximum atomic E-state index is 14.6. The van der Waals surface area contributed by atoms with Crippen LogP contribution in [0.4, 0.5) is 5.69 Å². The molecule has 0 bridgehead atoms. The summed E-state index contributed by atoms with van der Waals surface area (Å²) < 4.78 is 32.6. The summed E-state index contributed by atoms with van der Waals surface area (Å²) in [5.41, 5.74) is 2.38. The highest BCUT2D eigenvalue weighted by molar-refractivity contribution is 7.91. The molecule has 11 nitrogen and oxygen atoms in total. The molecule has 1 saturated heterocycles. The number of anilines is 1. The Morgan fingerprint density at radius 2 is 1.49 bits per heavy atom. The molecule has 7 rings (SSSR count). The standard InChI is InChI=1S/C43H51N7O4S/c1-48(2)29-32-15-13-31(14-16-32)28-45-41(44)34-19-17-30(18-20-34)25-40(43(52)49-23-7-8-24-49)50(42(51)39-27-36-11-5-6-12-38(36)46-39)55(53,54)47-37-22-21-33-9-3-4-10-35(33)26-37/h3-6,9-12,17-22,26-27,31-32,40,46-47H,7-8,13-16,23-25,28-29H2,1-2H3,(H2,44,45)/t31-,32-,40?. The van der Waals surface area contributed by atoms with Crippen LogP contribution in [0.15, 0.2) is 97.1 Å². The van der Waals surface area contributed by atoms with Crippen LogP contribution in [0.5, 0.6) is 0 Å². The van der Waals surface area contributed by atoms with E-state index in [1.54, 1.807) is 23.1 Å². The van der Waals surface area contributed by atoms with Gasteiger partial charge in [0.25, 0.3) is 5.91 Å². The van der Waals surface area contributed by atoms with E-state index in [0.717, 1.165) is 65.2 Å². The number of nitrogens with one attached hydrogen (secondary N) is 4. The number of amides is 2. The van der Waals surface area contributed by atoms with Crippen LogP contribution in [0.25, 0.3) is 21.7 Å². The van der Waals surface area contributed by atoms with Crippen molar-refractivity contribution in [1.29, 1.82) is 5.41 Å². The summed E-state index contributed by atoms with van der Waals surface area (Å²) in [7, 11) is -0.405. The Bertz CT molecular complexity index is 2220. The van der Waals surface area contributed by atoms with Crippen molar-refractivity contribution in [1.82, 2.24) is 24.4 Å². The Balaban J connectivity index is 1.15. The molecule has 1 saturated carbocycles. The molecule has 1 unspecified atom stereocenters. The molecule has 4 aromatic carbocycles. The van der Waals surface area contributed by atoms with E-state index < -0.39 is 28.1 Å². The molecule has 1 aromatic heterocycles. The lowest BCUT2D eigenvalue weighted by Gasteiger charge is -2.33. The first kappa shape index (κ1) is 38.1. The minimum absolute atomic E-state index is 0.0445. The minimum atomic E-state index is -4.65. The molecule has 0 radical (unpaired) electrons. The third-order valence-electron chi connectivity index (χ3n) is 11.0. The summed E-state index contributed by atoms with van der Waals surface area (Å²) in [5.74, 6) is 0.327. The largest absolute Gasteiger partial charge is 0.370 e. The van der Waals surface area contributed by atoms with Crippen LogP contribution in [0.2, 0.25) is 0 Å². The van der Waals surface area contributed by atoms with Crippen molar-refractivity contribution in [3.8, 4) is 0 Å². The van der Waals surface area contributed by atoms with E-state index in [1.807, 2.05) is 78.9 Å². The maximum Gasteiger partial charge on any atom is 0.327 e. The molecule has 2 aliphatic rings. The smallest absolute Gasteiger partial charge is 0.327 e. The van der Waals surface area contributed by atoms with Crippen LogP contribution in [-0.4, -0.2) is 91.5 Å². The van der Waals surface area contributed by atoms with Gasteiger partial charge in [-0.25, -0.2) is 4.31 Å². The lowest BCUT2D eigenvalue weighted by molar-refractivity contribution is -0.133. The number of amidine groups is 1. The number of hydrogen-bond donors (Lipinski definition) is 4. The quantitative estimate of drug-likeness (QED) is 0.0784. The zero-order chi connectivity index (χ0) is 38.5. The molecule has 1 atom stereocenters. The van der Waals surface area contributed by atoms with Gasteiger partial charge in [-0.1, -0.05) is 72.8 Å². The second-order valence-corrected chi connectivity index (χ2v) is 16.9. The Morgan fingerprint density at radius 3 is 2.18 bits per heavy atom. The zero-order valence-electron chi connectivity index (χ0n) is 31.6. The number of fused-ring (bicyclic) bond motifs is 2. The monoisotopic (exact) mass is 761 g/mol. The van der Waals surface area contributed by atoms with Crippen molar-refractivity contribution in [3.05, 3.63) is 114 Å². The van der Waals surface area contributed by atoms with Crippen LogP contribution in [-0.2, 0) is 21.4 Å². The molecule has 2 fully saturated rings. The maximum absolute atomic E-state index is 14.6. The average molecular weight is 762 g/mol. The summed E-state index contributed by atoms with van der Waals surface area (Å²) >= 11 is 0. The molecular weight excluding hydrogens is 711 g/mol. The van der Waals surface area contributed by atoms with Crippen molar-refractivity contribution in [2.24, 2.45) is 11.8 Å². The number of aromatic amines is 1. The summed E-state index contributed by atoms with van der Waals surface area (Å²) in [5, 5.41) is 14.6. The molecule has 4 N–H and O–H groups in total. The highest BCUT2D eigenvalue weighted by atomic mass is 32.2. The minimum Gasteiger partial charge on any atom is -0.370 e. The van der Waals surface area contributed by atoms with Gasteiger partial charge in [0.1, 0.15) is 17.6 Å². The van der Waals surface area contributed by atoms with Gasteiger partial charge in [-0.2, -0.15) is 8.42 Å². The number of rotatable bonds is 13. The molecule has 1 aliphatic carbocycles. The topological polar surface area (TPSA) is 142 Å². The van der Waals surface area contributed by atoms with E-state index in [-0.39, 0.29) is 17.8 Å². The fourth-order valence-corrected chi connectivity index (χ4v) is 9.45. The highest BCUT2D eigenvalue weighted by Crippen LogP contribution is 2.29. The first-order valence-corrected chi connectivity index (χ1v) is 20.8. The van der Waals surface area contributed by atoms with Crippen LogP contribution in [0, 0.1) is 17.2 Å². The number of aromatic nitrogens is 1. The third kappa shape index (κ3) is 9.03. The molecule has 12 heteroatoms. The summed E-state index contributed by atoms with van der Waals surface area (Å²) in [6.07, 6.45) is 6.27. The SMILES string of the molecule is CN(C)C[C@H]1CC[C@H](CNC(=N)c2ccc(CC(C(=O)N3CCCC3)N(C(=O)c3cc4ccccc4[nH]3)S(=O)(=O)Nc3ccc4ccccc4c3)cc2)CC1. The van der Waals surface area contributed by atoms with Crippen molar-refractivity contribution in [2.75, 3.05) is 45.0 Å². The van der Waals surface area contributed by atoms with Gasteiger partial charge in [-0.3, -0.25) is 19.7 Å². The second kappa shape index (κ2) is 16.7. The van der Waals surface area contributed by atoms with Gasteiger partial charge < -0.3 is 20.1 Å². The van der Waals surface area contributed by atoms with Crippen LogP contribution < -0.4 is 10.0 Å².